The second kappa shape index (κ2) is 5.44. The highest BCUT2D eigenvalue weighted by molar-refractivity contribution is 5.93. The van der Waals surface area contributed by atoms with Crippen LogP contribution in [0.3, 0.4) is 0 Å². The largest absolute Gasteiger partial charge is 0.465 e. The lowest BCUT2D eigenvalue weighted by Crippen LogP contribution is -2.04. The predicted molar refractivity (Wildman–Crippen MR) is 73.4 cm³/mol. The van der Waals surface area contributed by atoms with Gasteiger partial charge >= 0.3 is 5.97 Å². The van der Waals surface area contributed by atoms with Gasteiger partial charge in [-0.25, -0.2) is 4.79 Å². The summed E-state index contributed by atoms with van der Waals surface area (Å²) in [5.74, 6) is 0.608. The number of ether oxygens (including phenoxy) is 2. The Labute approximate surface area is 111 Å². The fourth-order valence-corrected chi connectivity index (χ4v) is 1.71. The van der Waals surface area contributed by atoms with Crippen molar-refractivity contribution in [2.45, 2.75) is 6.92 Å². The zero-order chi connectivity index (χ0) is 13.8. The molecular weight excluding hydrogens is 242 g/mol. The summed E-state index contributed by atoms with van der Waals surface area (Å²) in [6.07, 6.45) is 0. The standard InChI is InChI=1S/C15H15NO3/c1-10-4-3-5-12(8-10)19-14-7-6-11(16)9-13(14)15(17)18-2/h3-9H,16H2,1-2H3. The van der Waals surface area contributed by atoms with E-state index < -0.39 is 5.97 Å². The molecule has 0 atom stereocenters. The van der Waals surface area contributed by atoms with E-state index in [1.54, 1.807) is 12.1 Å². The van der Waals surface area contributed by atoms with Crippen LogP contribution in [0, 0.1) is 6.92 Å². The summed E-state index contributed by atoms with van der Waals surface area (Å²) in [6.45, 7) is 1.97. The summed E-state index contributed by atoms with van der Waals surface area (Å²) in [5, 5.41) is 0. The van der Waals surface area contributed by atoms with E-state index >= 15 is 0 Å². The van der Waals surface area contributed by atoms with Crippen molar-refractivity contribution in [3.63, 3.8) is 0 Å². The Kier molecular flexibility index (Phi) is 3.71. The van der Waals surface area contributed by atoms with Gasteiger partial charge in [0.1, 0.15) is 17.1 Å². The highest BCUT2D eigenvalue weighted by Crippen LogP contribution is 2.28. The van der Waals surface area contributed by atoms with Crippen molar-refractivity contribution in [2.24, 2.45) is 0 Å². The van der Waals surface area contributed by atoms with Gasteiger partial charge in [-0.3, -0.25) is 0 Å². The number of benzene rings is 2. The molecule has 0 fully saturated rings. The minimum absolute atomic E-state index is 0.309. The molecule has 0 aliphatic carbocycles. The third-order valence-corrected chi connectivity index (χ3v) is 2.63. The van der Waals surface area contributed by atoms with Gasteiger partial charge in [0.2, 0.25) is 0 Å². The molecule has 2 N–H and O–H groups in total. The van der Waals surface area contributed by atoms with Crippen LogP contribution in [0.25, 0.3) is 0 Å². The Morgan fingerprint density at radius 1 is 1.16 bits per heavy atom. The summed E-state index contributed by atoms with van der Waals surface area (Å²) in [6, 6.07) is 12.4. The van der Waals surface area contributed by atoms with E-state index in [2.05, 4.69) is 0 Å². The molecule has 2 aromatic carbocycles. The van der Waals surface area contributed by atoms with Crippen molar-refractivity contribution in [1.29, 1.82) is 0 Å². The summed E-state index contributed by atoms with van der Waals surface area (Å²) in [7, 11) is 1.32. The van der Waals surface area contributed by atoms with E-state index in [-0.39, 0.29) is 0 Å². The maximum atomic E-state index is 11.7. The SMILES string of the molecule is COC(=O)c1cc(N)ccc1Oc1cccc(C)c1. The number of esters is 1. The van der Waals surface area contributed by atoms with E-state index in [1.165, 1.54) is 13.2 Å². The molecule has 0 aromatic heterocycles. The summed E-state index contributed by atoms with van der Waals surface area (Å²) in [5.41, 5.74) is 7.54. The lowest BCUT2D eigenvalue weighted by atomic mass is 10.1. The van der Waals surface area contributed by atoms with Gasteiger partial charge in [0.05, 0.1) is 7.11 Å². The highest BCUT2D eigenvalue weighted by atomic mass is 16.5. The van der Waals surface area contributed by atoms with Crippen LogP contribution in [0.5, 0.6) is 11.5 Å². The van der Waals surface area contributed by atoms with Gasteiger partial charge in [-0.1, -0.05) is 12.1 Å². The minimum Gasteiger partial charge on any atom is -0.465 e. The van der Waals surface area contributed by atoms with Crippen molar-refractivity contribution in [3.8, 4) is 11.5 Å². The molecule has 4 nitrogen and oxygen atoms in total. The number of carbonyl (C=O) groups excluding carboxylic acids is 1. The van der Waals surface area contributed by atoms with Crippen LogP contribution in [0.4, 0.5) is 5.69 Å². The summed E-state index contributed by atoms with van der Waals surface area (Å²) < 4.78 is 10.4. The summed E-state index contributed by atoms with van der Waals surface area (Å²) >= 11 is 0. The molecule has 0 saturated carbocycles. The van der Waals surface area contributed by atoms with Gasteiger partial charge in [-0.05, 0) is 42.8 Å². The zero-order valence-electron chi connectivity index (χ0n) is 10.8. The average molecular weight is 257 g/mol. The first kappa shape index (κ1) is 13.0. The fraction of sp³-hybridized carbons (Fsp3) is 0.133. The lowest BCUT2D eigenvalue weighted by Gasteiger charge is -2.11. The molecule has 2 aromatic rings. The number of nitrogens with two attached hydrogens (primary N) is 1. The van der Waals surface area contributed by atoms with Gasteiger partial charge in [0, 0.05) is 5.69 Å². The number of methoxy groups -OCH3 is 1. The molecule has 19 heavy (non-hydrogen) atoms. The van der Waals surface area contributed by atoms with Crippen molar-refractivity contribution in [3.05, 3.63) is 53.6 Å². The van der Waals surface area contributed by atoms with Crippen LogP contribution in [-0.4, -0.2) is 13.1 Å². The van der Waals surface area contributed by atoms with Gasteiger partial charge in [0.25, 0.3) is 0 Å². The van der Waals surface area contributed by atoms with Crippen molar-refractivity contribution < 1.29 is 14.3 Å². The number of hydrogen-bond acceptors (Lipinski definition) is 4. The second-order valence-corrected chi connectivity index (χ2v) is 4.17. The van der Waals surface area contributed by atoms with E-state index in [0.717, 1.165) is 5.56 Å². The first-order valence-electron chi connectivity index (χ1n) is 5.82. The lowest BCUT2D eigenvalue weighted by molar-refractivity contribution is 0.0598. The van der Waals surface area contributed by atoms with E-state index in [9.17, 15) is 4.79 Å². The molecule has 0 amide bonds. The van der Waals surface area contributed by atoms with Gasteiger partial charge in [-0.2, -0.15) is 0 Å². The molecule has 0 heterocycles. The van der Waals surface area contributed by atoms with Crippen LogP contribution >= 0.6 is 0 Å². The van der Waals surface area contributed by atoms with Crippen LogP contribution in [0.15, 0.2) is 42.5 Å². The third-order valence-electron chi connectivity index (χ3n) is 2.63. The van der Waals surface area contributed by atoms with E-state index in [0.29, 0.717) is 22.7 Å². The van der Waals surface area contributed by atoms with Crippen LogP contribution in [0.1, 0.15) is 15.9 Å². The zero-order valence-corrected chi connectivity index (χ0v) is 10.8. The van der Waals surface area contributed by atoms with E-state index in [1.807, 2.05) is 31.2 Å². The second-order valence-electron chi connectivity index (χ2n) is 4.17. The number of hydrogen-bond donors (Lipinski definition) is 1. The Hall–Kier alpha value is -2.49. The van der Waals surface area contributed by atoms with Crippen molar-refractivity contribution in [1.82, 2.24) is 0 Å². The Balaban J connectivity index is 2.37. The number of nitrogen functional groups attached to an aromatic ring is 1. The molecule has 0 spiro atoms. The quantitative estimate of drug-likeness (QED) is 0.677. The maximum absolute atomic E-state index is 11.7. The topological polar surface area (TPSA) is 61.5 Å². The van der Waals surface area contributed by atoms with Crippen LogP contribution in [0.2, 0.25) is 0 Å². The van der Waals surface area contributed by atoms with Crippen molar-refractivity contribution >= 4 is 11.7 Å². The molecule has 0 radical (unpaired) electrons. The minimum atomic E-state index is -0.477. The number of carbonyl (C=O) groups is 1. The normalized spacial score (nSPS) is 10.0. The Morgan fingerprint density at radius 3 is 2.63 bits per heavy atom. The molecular formula is C15H15NO3. The van der Waals surface area contributed by atoms with Crippen LogP contribution in [-0.2, 0) is 4.74 Å². The smallest absolute Gasteiger partial charge is 0.341 e. The highest BCUT2D eigenvalue weighted by Gasteiger charge is 2.14. The van der Waals surface area contributed by atoms with Crippen molar-refractivity contribution in [2.75, 3.05) is 12.8 Å². The molecule has 0 aliphatic heterocycles. The molecule has 4 heteroatoms. The number of aryl methyl sites for hydroxylation is 1. The molecule has 0 aliphatic rings. The molecule has 0 bridgehead atoms. The Morgan fingerprint density at radius 2 is 1.95 bits per heavy atom. The van der Waals surface area contributed by atoms with Gasteiger partial charge in [0.15, 0.2) is 0 Å². The Bertz CT molecular complexity index is 608. The number of anilines is 1. The van der Waals surface area contributed by atoms with E-state index in [4.69, 9.17) is 15.2 Å². The monoisotopic (exact) mass is 257 g/mol. The summed E-state index contributed by atoms with van der Waals surface area (Å²) in [4.78, 5) is 11.7. The predicted octanol–water partition coefficient (Wildman–Crippen LogP) is 3.16. The molecule has 2 rings (SSSR count). The van der Waals surface area contributed by atoms with Gasteiger partial charge < -0.3 is 15.2 Å². The third kappa shape index (κ3) is 3.04. The number of rotatable bonds is 3. The van der Waals surface area contributed by atoms with Crippen LogP contribution < -0.4 is 10.5 Å². The first-order chi connectivity index (χ1) is 9.10. The maximum Gasteiger partial charge on any atom is 0.341 e. The molecule has 0 saturated heterocycles. The fourth-order valence-electron chi connectivity index (χ4n) is 1.71. The first-order valence-corrected chi connectivity index (χ1v) is 5.82. The molecule has 0 unspecified atom stereocenters. The van der Waals surface area contributed by atoms with Gasteiger partial charge in [-0.15, -0.1) is 0 Å². The average Bonchev–Trinajstić information content (AvgIpc) is 2.40. The molecule has 98 valence electrons.